The Labute approximate surface area is 71.9 Å². The van der Waals surface area contributed by atoms with Gasteiger partial charge in [-0.3, -0.25) is 9.59 Å². The quantitative estimate of drug-likeness (QED) is 0.582. The van der Waals surface area contributed by atoms with Gasteiger partial charge in [0.25, 0.3) is 0 Å². The predicted molar refractivity (Wildman–Crippen MR) is 44.4 cm³/mol. The van der Waals surface area contributed by atoms with Gasteiger partial charge in [0.15, 0.2) is 0 Å². The van der Waals surface area contributed by atoms with Crippen LogP contribution in [0.5, 0.6) is 0 Å². The van der Waals surface area contributed by atoms with Gasteiger partial charge in [0, 0.05) is 33.0 Å². The summed E-state index contributed by atoms with van der Waals surface area (Å²) >= 11 is 0. The van der Waals surface area contributed by atoms with Gasteiger partial charge in [0.2, 0.25) is 11.8 Å². The Morgan fingerprint density at radius 3 is 2.83 bits per heavy atom. The van der Waals surface area contributed by atoms with E-state index in [1.165, 1.54) is 0 Å². The van der Waals surface area contributed by atoms with Gasteiger partial charge in [0.05, 0.1) is 0 Å². The summed E-state index contributed by atoms with van der Waals surface area (Å²) in [5, 5.41) is 2.56. The Hall–Kier alpha value is -1.06. The number of nitrogens with one attached hydrogen (secondary N) is 1. The molecule has 1 N–H and O–H groups in total. The number of piperidine rings is 1. The van der Waals surface area contributed by atoms with Crippen molar-refractivity contribution in [2.45, 2.75) is 12.8 Å². The fraction of sp³-hybridized carbons (Fsp3) is 0.750. The smallest absolute Gasteiger partial charge is 0.223 e. The number of nitrogens with zero attached hydrogens (tertiary/aromatic N) is 1. The molecular formula is C8H14N2O2. The average molecular weight is 170 g/mol. The topological polar surface area (TPSA) is 49.4 Å². The van der Waals surface area contributed by atoms with Crippen LogP contribution in [-0.4, -0.2) is 37.4 Å². The van der Waals surface area contributed by atoms with Crippen LogP contribution in [-0.2, 0) is 9.59 Å². The number of carbonyl (C=O) groups is 2. The first kappa shape index (κ1) is 9.03. The highest BCUT2D eigenvalue weighted by Crippen LogP contribution is 2.16. The molecule has 0 radical (unpaired) electrons. The number of carbonyl (C=O) groups excluding carboxylic acids is 2. The second-order valence-corrected chi connectivity index (χ2v) is 3.12. The highest BCUT2D eigenvalue weighted by Gasteiger charge is 2.27. The van der Waals surface area contributed by atoms with Crippen LogP contribution in [0.15, 0.2) is 0 Å². The maximum Gasteiger partial charge on any atom is 0.223 e. The maximum absolute atomic E-state index is 11.2. The van der Waals surface area contributed by atoms with Gasteiger partial charge in [-0.2, -0.15) is 0 Å². The van der Waals surface area contributed by atoms with Crippen molar-refractivity contribution < 1.29 is 9.59 Å². The van der Waals surface area contributed by atoms with Crippen molar-refractivity contribution in [2.75, 3.05) is 20.6 Å². The molecule has 12 heavy (non-hydrogen) atoms. The molecule has 1 aliphatic heterocycles. The minimum absolute atomic E-state index is 0.0172. The van der Waals surface area contributed by atoms with Gasteiger partial charge in [-0.25, -0.2) is 0 Å². The summed E-state index contributed by atoms with van der Waals surface area (Å²) in [6, 6.07) is 0. The van der Waals surface area contributed by atoms with Gasteiger partial charge >= 0.3 is 0 Å². The van der Waals surface area contributed by atoms with E-state index in [0.717, 1.165) is 6.42 Å². The van der Waals surface area contributed by atoms with Crippen molar-refractivity contribution in [2.24, 2.45) is 5.92 Å². The standard InChI is InChI=1S/C8H14N2O2/c1-9-8(12)6-3-4-10(2)7(11)5-6/h6H,3-5H2,1-2H3,(H,9,12). The van der Waals surface area contributed by atoms with Crippen molar-refractivity contribution in [3.05, 3.63) is 0 Å². The molecule has 1 rings (SSSR count). The first-order valence-corrected chi connectivity index (χ1v) is 4.10. The predicted octanol–water partition coefficient (Wildman–Crippen LogP) is -0.399. The van der Waals surface area contributed by atoms with Crippen molar-refractivity contribution in [1.82, 2.24) is 10.2 Å². The lowest BCUT2D eigenvalue weighted by Gasteiger charge is -2.27. The third-order valence-electron chi connectivity index (χ3n) is 2.28. The normalized spacial score (nSPS) is 24.0. The minimum atomic E-state index is -0.112. The average Bonchev–Trinajstić information content (AvgIpc) is 2.08. The number of hydrogen-bond donors (Lipinski definition) is 1. The third-order valence-corrected chi connectivity index (χ3v) is 2.28. The highest BCUT2D eigenvalue weighted by molar-refractivity contribution is 5.86. The number of likely N-dealkylation sites (tertiary alicyclic amines) is 1. The Morgan fingerprint density at radius 2 is 2.33 bits per heavy atom. The fourth-order valence-corrected chi connectivity index (χ4v) is 1.37. The van der Waals surface area contributed by atoms with E-state index in [-0.39, 0.29) is 17.7 Å². The van der Waals surface area contributed by atoms with E-state index in [0.29, 0.717) is 13.0 Å². The molecule has 1 aliphatic rings. The number of rotatable bonds is 1. The van der Waals surface area contributed by atoms with E-state index in [4.69, 9.17) is 0 Å². The largest absolute Gasteiger partial charge is 0.359 e. The molecule has 1 saturated heterocycles. The second-order valence-electron chi connectivity index (χ2n) is 3.12. The lowest BCUT2D eigenvalue weighted by atomic mass is 9.96. The molecule has 1 unspecified atom stereocenters. The number of hydrogen-bond acceptors (Lipinski definition) is 2. The molecule has 4 nitrogen and oxygen atoms in total. The zero-order chi connectivity index (χ0) is 9.14. The summed E-state index contributed by atoms with van der Waals surface area (Å²) in [7, 11) is 3.37. The molecule has 2 amide bonds. The first-order valence-electron chi connectivity index (χ1n) is 4.10. The molecule has 4 heteroatoms. The minimum Gasteiger partial charge on any atom is -0.359 e. The van der Waals surface area contributed by atoms with Crippen LogP contribution in [0.25, 0.3) is 0 Å². The third kappa shape index (κ3) is 1.75. The summed E-state index contributed by atoms with van der Waals surface area (Å²) in [6.07, 6.45) is 1.14. The van der Waals surface area contributed by atoms with Crippen molar-refractivity contribution in [3.63, 3.8) is 0 Å². The van der Waals surface area contributed by atoms with Crippen molar-refractivity contribution >= 4 is 11.8 Å². The summed E-state index contributed by atoms with van der Waals surface area (Å²) in [6.45, 7) is 0.691. The number of amides is 2. The zero-order valence-electron chi connectivity index (χ0n) is 7.46. The molecule has 0 aromatic carbocycles. The van der Waals surface area contributed by atoms with E-state index in [1.54, 1.807) is 19.0 Å². The molecule has 68 valence electrons. The molecule has 1 heterocycles. The molecular weight excluding hydrogens is 156 g/mol. The molecule has 1 fully saturated rings. The Balaban J connectivity index is 2.51. The SMILES string of the molecule is CNC(=O)C1CCN(C)C(=O)C1. The van der Waals surface area contributed by atoms with Crippen LogP contribution in [0.1, 0.15) is 12.8 Å². The molecule has 0 aliphatic carbocycles. The van der Waals surface area contributed by atoms with E-state index in [2.05, 4.69) is 5.32 Å². The van der Waals surface area contributed by atoms with Crippen molar-refractivity contribution in [3.8, 4) is 0 Å². The fourth-order valence-electron chi connectivity index (χ4n) is 1.37. The van der Waals surface area contributed by atoms with E-state index in [9.17, 15) is 9.59 Å². The van der Waals surface area contributed by atoms with Gasteiger partial charge in [-0.1, -0.05) is 0 Å². The lowest BCUT2D eigenvalue weighted by Crippen LogP contribution is -2.41. The first-order chi connectivity index (χ1) is 5.65. The molecule has 1 atom stereocenters. The summed E-state index contributed by atoms with van der Waals surface area (Å²) in [5.41, 5.74) is 0. The van der Waals surface area contributed by atoms with Gasteiger partial charge < -0.3 is 10.2 Å². The summed E-state index contributed by atoms with van der Waals surface area (Å²) in [5.74, 6) is -0.0648. The highest BCUT2D eigenvalue weighted by atomic mass is 16.2. The molecule has 0 spiro atoms. The van der Waals surface area contributed by atoms with E-state index < -0.39 is 0 Å². The maximum atomic E-state index is 11.2. The van der Waals surface area contributed by atoms with E-state index in [1.807, 2.05) is 0 Å². The van der Waals surface area contributed by atoms with Gasteiger partial charge in [-0.05, 0) is 6.42 Å². The second kappa shape index (κ2) is 3.56. The molecule has 0 aromatic heterocycles. The van der Waals surface area contributed by atoms with Crippen LogP contribution in [0, 0.1) is 5.92 Å². The molecule has 0 bridgehead atoms. The van der Waals surface area contributed by atoms with Crippen LogP contribution in [0.2, 0.25) is 0 Å². The lowest BCUT2D eigenvalue weighted by molar-refractivity contribution is -0.138. The summed E-state index contributed by atoms with van der Waals surface area (Å²) in [4.78, 5) is 24.0. The Kier molecular flexibility index (Phi) is 2.68. The Bertz CT molecular complexity index is 201. The van der Waals surface area contributed by atoms with Crippen LogP contribution in [0.3, 0.4) is 0 Å². The van der Waals surface area contributed by atoms with Crippen LogP contribution in [0.4, 0.5) is 0 Å². The summed E-state index contributed by atoms with van der Waals surface area (Å²) < 4.78 is 0. The monoisotopic (exact) mass is 170 g/mol. The molecule has 0 saturated carbocycles. The molecule has 0 aromatic rings. The zero-order valence-corrected chi connectivity index (χ0v) is 7.46. The Morgan fingerprint density at radius 1 is 1.67 bits per heavy atom. The van der Waals surface area contributed by atoms with Gasteiger partial charge in [0.1, 0.15) is 0 Å². The van der Waals surface area contributed by atoms with E-state index >= 15 is 0 Å². The van der Waals surface area contributed by atoms with Crippen LogP contribution < -0.4 is 5.32 Å². The van der Waals surface area contributed by atoms with Crippen molar-refractivity contribution in [1.29, 1.82) is 0 Å². The van der Waals surface area contributed by atoms with Crippen LogP contribution >= 0.6 is 0 Å². The van der Waals surface area contributed by atoms with Gasteiger partial charge in [-0.15, -0.1) is 0 Å².